The third kappa shape index (κ3) is 6.20. The topological polar surface area (TPSA) is 135 Å². The van der Waals surface area contributed by atoms with E-state index in [4.69, 9.17) is 37.4 Å². The first-order valence-electron chi connectivity index (χ1n) is 18.5. The number of anilines is 1. The number of phenols is 1. The zero-order valence-corrected chi connectivity index (χ0v) is 32.8. The summed E-state index contributed by atoms with van der Waals surface area (Å²) in [5, 5.41) is 12.3. The van der Waals surface area contributed by atoms with Crippen molar-refractivity contribution in [1.82, 2.24) is 9.91 Å². The van der Waals surface area contributed by atoms with E-state index in [1.807, 2.05) is 42.5 Å². The van der Waals surface area contributed by atoms with Crippen LogP contribution in [0.5, 0.6) is 23.0 Å². The number of hydrogen-bond donors (Lipinski definition) is 2. The second kappa shape index (κ2) is 14.9. The van der Waals surface area contributed by atoms with Crippen LogP contribution in [0.3, 0.4) is 0 Å². The Morgan fingerprint density at radius 2 is 1.54 bits per heavy atom. The van der Waals surface area contributed by atoms with Gasteiger partial charge in [-0.1, -0.05) is 89.5 Å². The van der Waals surface area contributed by atoms with E-state index in [-0.39, 0.29) is 53.5 Å². The number of allylic oxidation sites excluding steroid dienone is 3. The van der Waals surface area contributed by atoms with Crippen LogP contribution < -0.4 is 19.6 Å². The number of rotatable bonds is 10. The summed E-state index contributed by atoms with van der Waals surface area (Å²) in [5.74, 6) is -4.52. The van der Waals surface area contributed by atoms with Crippen molar-refractivity contribution in [2.75, 3.05) is 26.8 Å². The van der Waals surface area contributed by atoms with Gasteiger partial charge in [0.2, 0.25) is 17.6 Å². The lowest BCUT2D eigenvalue weighted by atomic mass is 9.50. The minimum atomic E-state index is -1.53. The molecule has 57 heavy (non-hydrogen) atoms. The highest BCUT2D eigenvalue weighted by Gasteiger charge is 2.69. The van der Waals surface area contributed by atoms with Crippen molar-refractivity contribution in [2.24, 2.45) is 29.6 Å². The van der Waals surface area contributed by atoms with Crippen LogP contribution in [0.2, 0.25) is 10.0 Å². The predicted octanol–water partition coefficient (Wildman–Crippen LogP) is 7.46. The number of halogens is 2. The molecule has 0 unspecified atom stereocenters. The number of phenolic OH excluding ortho intramolecular Hbond substituents is 1. The van der Waals surface area contributed by atoms with Crippen molar-refractivity contribution in [1.29, 1.82) is 0 Å². The Labute approximate surface area is 339 Å². The molecule has 13 heteroatoms. The van der Waals surface area contributed by atoms with Crippen molar-refractivity contribution in [3.8, 4) is 23.0 Å². The number of methoxy groups -OCH3 is 3. The molecule has 2 saturated heterocycles. The van der Waals surface area contributed by atoms with Crippen molar-refractivity contribution in [2.45, 2.75) is 24.8 Å². The van der Waals surface area contributed by atoms with Crippen molar-refractivity contribution in [3.63, 3.8) is 0 Å². The second-order valence-electron chi connectivity index (χ2n) is 14.6. The van der Waals surface area contributed by atoms with E-state index in [0.717, 1.165) is 16.1 Å². The molecular weight excluding hydrogens is 769 g/mol. The number of benzene rings is 4. The first-order valence-corrected chi connectivity index (χ1v) is 19.2. The molecule has 2 heterocycles. The SMILES string of the molecule is COc1ccc([C@@]23C(=O)N(Nc4ccc(Cl)cc4Cl)C(=O)[C@@H]2C[C@@H]2C(=CC[C@@H]4C(=O)N(Cc5ccccc5)C(=O)[C@@H]42)[C@@H]3C=Cc2cc(OC)c(O)c(OC)c2)cc1. The van der Waals surface area contributed by atoms with Crippen LogP contribution in [0, 0.1) is 29.6 Å². The maximum atomic E-state index is 15.4. The Balaban J connectivity index is 1.30. The quantitative estimate of drug-likeness (QED) is 0.124. The third-order valence-corrected chi connectivity index (χ3v) is 12.4. The molecule has 8 rings (SSSR count). The molecule has 4 aromatic carbocycles. The summed E-state index contributed by atoms with van der Waals surface area (Å²) in [6.45, 7) is 0.136. The molecule has 292 valence electrons. The Bertz CT molecular complexity index is 2320. The first-order chi connectivity index (χ1) is 27.5. The second-order valence-corrected chi connectivity index (χ2v) is 15.5. The van der Waals surface area contributed by atoms with Gasteiger partial charge in [-0.25, -0.2) is 0 Å². The van der Waals surface area contributed by atoms with Gasteiger partial charge in [0, 0.05) is 10.9 Å². The summed E-state index contributed by atoms with van der Waals surface area (Å²) >= 11 is 12.8. The number of imide groups is 2. The molecule has 4 aromatic rings. The van der Waals surface area contributed by atoms with Gasteiger partial charge in [-0.05, 0) is 77.9 Å². The fourth-order valence-corrected chi connectivity index (χ4v) is 9.74. The van der Waals surface area contributed by atoms with E-state index in [0.29, 0.717) is 27.6 Å². The molecular formula is C44H39Cl2N3O8. The molecule has 0 radical (unpaired) electrons. The predicted molar refractivity (Wildman–Crippen MR) is 214 cm³/mol. The molecule has 3 fully saturated rings. The molecule has 4 aliphatic rings. The van der Waals surface area contributed by atoms with E-state index < -0.39 is 46.8 Å². The lowest BCUT2D eigenvalue weighted by Crippen LogP contribution is -2.54. The summed E-state index contributed by atoms with van der Waals surface area (Å²) in [4.78, 5) is 60.2. The molecule has 2 aliphatic heterocycles. The number of fused-ring (bicyclic) bond motifs is 4. The summed E-state index contributed by atoms with van der Waals surface area (Å²) < 4.78 is 16.4. The highest BCUT2D eigenvalue weighted by molar-refractivity contribution is 6.36. The Kier molecular flexibility index (Phi) is 9.99. The normalized spacial score (nSPS) is 25.3. The first kappa shape index (κ1) is 38.1. The van der Waals surface area contributed by atoms with Gasteiger partial charge in [0.1, 0.15) is 5.75 Å². The summed E-state index contributed by atoms with van der Waals surface area (Å²) in [6, 6.07) is 24.4. The van der Waals surface area contributed by atoms with Crippen LogP contribution in [-0.4, -0.2) is 60.0 Å². The average Bonchev–Trinajstić information content (AvgIpc) is 3.59. The van der Waals surface area contributed by atoms with Gasteiger partial charge in [-0.3, -0.25) is 29.5 Å². The Morgan fingerprint density at radius 1 is 0.842 bits per heavy atom. The number of nitrogens with zero attached hydrogens (tertiary/aromatic N) is 2. The zero-order valence-electron chi connectivity index (χ0n) is 31.3. The number of hydrazine groups is 1. The van der Waals surface area contributed by atoms with Crippen LogP contribution in [0.25, 0.3) is 6.08 Å². The number of nitrogens with one attached hydrogen (secondary N) is 1. The van der Waals surface area contributed by atoms with Gasteiger partial charge in [-0.2, -0.15) is 5.01 Å². The van der Waals surface area contributed by atoms with Crippen molar-refractivity contribution < 1.29 is 38.5 Å². The van der Waals surface area contributed by atoms with E-state index in [9.17, 15) is 19.5 Å². The molecule has 2 N–H and O–H groups in total. The molecule has 1 saturated carbocycles. The highest BCUT2D eigenvalue weighted by Crippen LogP contribution is 2.62. The molecule has 0 aromatic heterocycles. The Morgan fingerprint density at radius 3 is 2.19 bits per heavy atom. The molecule has 6 atom stereocenters. The fourth-order valence-electron chi connectivity index (χ4n) is 9.29. The van der Waals surface area contributed by atoms with Crippen LogP contribution in [-0.2, 0) is 31.1 Å². The Hall–Kier alpha value is -5.78. The van der Waals surface area contributed by atoms with E-state index in [2.05, 4.69) is 5.43 Å². The van der Waals surface area contributed by atoms with Gasteiger partial charge in [0.25, 0.3) is 11.8 Å². The number of ether oxygens (including phenoxy) is 3. The number of carbonyl (C=O) groups is 4. The van der Waals surface area contributed by atoms with Gasteiger partial charge < -0.3 is 19.3 Å². The van der Waals surface area contributed by atoms with Gasteiger partial charge in [0.05, 0.1) is 61.8 Å². The highest BCUT2D eigenvalue weighted by atomic mass is 35.5. The molecule has 0 bridgehead atoms. The minimum absolute atomic E-state index is 0.125. The van der Waals surface area contributed by atoms with Crippen molar-refractivity contribution in [3.05, 3.63) is 129 Å². The number of carbonyl (C=O) groups excluding carboxylic acids is 4. The monoisotopic (exact) mass is 807 g/mol. The largest absolute Gasteiger partial charge is 0.502 e. The molecule has 11 nitrogen and oxygen atoms in total. The summed E-state index contributed by atoms with van der Waals surface area (Å²) in [5.41, 5.74) is 4.53. The van der Waals surface area contributed by atoms with Crippen LogP contribution in [0.1, 0.15) is 29.5 Å². The molecule has 0 spiro atoms. The number of aromatic hydroxyl groups is 1. The molecule has 2 aliphatic carbocycles. The van der Waals surface area contributed by atoms with E-state index in [1.54, 1.807) is 61.7 Å². The summed E-state index contributed by atoms with van der Waals surface area (Å²) in [7, 11) is 4.40. The minimum Gasteiger partial charge on any atom is -0.502 e. The fraction of sp³-hybridized carbons (Fsp3) is 0.273. The number of amides is 4. The average molecular weight is 809 g/mol. The van der Waals surface area contributed by atoms with Crippen LogP contribution >= 0.6 is 23.2 Å². The van der Waals surface area contributed by atoms with E-state index >= 15 is 4.79 Å². The van der Waals surface area contributed by atoms with E-state index in [1.165, 1.54) is 25.2 Å². The van der Waals surface area contributed by atoms with Crippen LogP contribution in [0.4, 0.5) is 5.69 Å². The van der Waals surface area contributed by atoms with Crippen molar-refractivity contribution >= 4 is 58.6 Å². The molecule has 4 amide bonds. The standard InChI is InChI=1S/C44H39Cl2N3O8/c1-55-28-13-10-26(11-14-28)44-32(17-9-25-19-36(56-2)39(50)37(20-25)57-3)29-15-16-30-38(42(53)48(40(30)51)23-24-7-5-4-6-8-24)31(29)22-33(44)41(52)49(43(44)54)47-35-18-12-27(45)21-34(35)46/h4-15,17-21,30-33,38,47,50H,16,22-23H2,1-3H3/t30-,31+,32-,33-,38-,44-/m0/s1. The zero-order chi connectivity index (χ0) is 40.2. The van der Waals surface area contributed by atoms with Gasteiger partial charge in [-0.15, -0.1) is 0 Å². The number of hydrogen-bond acceptors (Lipinski definition) is 9. The third-order valence-electron chi connectivity index (χ3n) is 11.9. The van der Waals surface area contributed by atoms with Gasteiger partial charge >= 0.3 is 0 Å². The smallest absolute Gasteiger partial charge is 0.260 e. The maximum absolute atomic E-state index is 15.4. The maximum Gasteiger partial charge on any atom is 0.260 e. The van der Waals surface area contributed by atoms with Crippen LogP contribution in [0.15, 0.2) is 103 Å². The summed E-state index contributed by atoms with van der Waals surface area (Å²) in [6.07, 6.45) is 6.06. The lowest BCUT2D eigenvalue weighted by molar-refractivity contribution is -0.142. The number of likely N-dealkylation sites (tertiary alicyclic amines) is 1. The van der Waals surface area contributed by atoms with Gasteiger partial charge in [0.15, 0.2) is 11.5 Å². The lowest BCUT2D eigenvalue weighted by Gasteiger charge is -2.49.